The molecule has 2 aromatic rings. The molecule has 0 saturated carbocycles. The molecule has 1 heterocycles. The Morgan fingerprint density at radius 1 is 0.941 bits per heavy atom. The lowest BCUT2D eigenvalue weighted by atomic mass is 10.3. The molecule has 0 N–H and O–H groups in total. The smallest absolute Gasteiger partial charge is 0.173 e. The second kappa shape index (κ2) is 5.21. The SMILES string of the molecule is COc1ccc(OC)c(Oc2cccnc2)c1. The van der Waals surface area contributed by atoms with E-state index in [1.165, 1.54) is 0 Å². The lowest BCUT2D eigenvalue weighted by Crippen LogP contribution is -1.92. The number of aromatic nitrogens is 1. The third-order valence-corrected chi connectivity index (χ3v) is 2.23. The Hall–Kier alpha value is -2.23. The van der Waals surface area contributed by atoms with E-state index >= 15 is 0 Å². The van der Waals surface area contributed by atoms with Crippen molar-refractivity contribution in [2.75, 3.05) is 14.2 Å². The van der Waals surface area contributed by atoms with Gasteiger partial charge in [0.05, 0.1) is 20.4 Å². The molecule has 0 unspecified atom stereocenters. The van der Waals surface area contributed by atoms with E-state index in [1.807, 2.05) is 18.2 Å². The van der Waals surface area contributed by atoms with Crippen LogP contribution in [0.3, 0.4) is 0 Å². The molecule has 4 nitrogen and oxygen atoms in total. The molecule has 0 atom stereocenters. The summed E-state index contributed by atoms with van der Waals surface area (Å²) >= 11 is 0. The fraction of sp³-hybridized carbons (Fsp3) is 0.154. The predicted octanol–water partition coefficient (Wildman–Crippen LogP) is 2.89. The van der Waals surface area contributed by atoms with E-state index in [1.54, 1.807) is 38.7 Å². The summed E-state index contributed by atoms with van der Waals surface area (Å²) < 4.78 is 16.0. The van der Waals surface area contributed by atoms with E-state index in [0.29, 0.717) is 23.0 Å². The molecule has 0 radical (unpaired) electrons. The van der Waals surface area contributed by atoms with Gasteiger partial charge in [0.1, 0.15) is 11.5 Å². The quantitative estimate of drug-likeness (QED) is 0.811. The van der Waals surface area contributed by atoms with Crippen LogP contribution in [0.1, 0.15) is 0 Å². The molecule has 0 bridgehead atoms. The molecule has 4 heteroatoms. The Bertz CT molecular complexity index is 485. The highest BCUT2D eigenvalue weighted by molar-refractivity contribution is 5.47. The van der Waals surface area contributed by atoms with Crippen LogP contribution in [0.25, 0.3) is 0 Å². The van der Waals surface area contributed by atoms with Crippen molar-refractivity contribution in [1.82, 2.24) is 4.98 Å². The lowest BCUT2D eigenvalue weighted by Gasteiger charge is -2.11. The minimum atomic E-state index is 0.597. The monoisotopic (exact) mass is 231 g/mol. The number of nitrogens with zero attached hydrogens (tertiary/aromatic N) is 1. The average Bonchev–Trinajstić information content (AvgIpc) is 2.40. The van der Waals surface area contributed by atoms with Crippen LogP contribution in [-0.2, 0) is 0 Å². The normalized spacial score (nSPS) is 9.76. The molecule has 1 aromatic heterocycles. The van der Waals surface area contributed by atoms with Gasteiger partial charge in [0, 0.05) is 12.3 Å². The van der Waals surface area contributed by atoms with Gasteiger partial charge in [-0.15, -0.1) is 0 Å². The molecule has 1 aromatic carbocycles. The summed E-state index contributed by atoms with van der Waals surface area (Å²) in [4.78, 5) is 3.98. The Morgan fingerprint density at radius 2 is 1.82 bits per heavy atom. The highest BCUT2D eigenvalue weighted by Gasteiger charge is 2.07. The van der Waals surface area contributed by atoms with Crippen molar-refractivity contribution in [2.24, 2.45) is 0 Å². The molecule has 0 aliphatic carbocycles. The topological polar surface area (TPSA) is 40.6 Å². The van der Waals surface area contributed by atoms with Crippen molar-refractivity contribution in [2.45, 2.75) is 0 Å². The zero-order valence-electron chi connectivity index (χ0n) is 9.71. The van der Waals surface area contributed by atoms with Crippen LogP contribution in [0.15, 0.2) is 42.7 Å². The predicted molar refractivity (Wildman–Crippen MR) is 63.9 cm³/mol. The summed E-state index contributed by atoms with van der Waals surface area (Å²) in [5, 5.41) is 0. The molecule has 0 amide bonds. The van der Waals surface area contributed by atoms with E-state index in [4.69, 9.17) is 14.2 Å². The number of rotatable bonds is 4. The third-order valence-electron chi connectivity index (χ3n) is 2.23. The van der Waals surface area contributed by atoms with Gasteiger partial charge in [-0.05, 0) is 24.3 Å². The molecule has 0 saturated heterocycles. The maximum atomic E-state index is 5.68. The van der Waals surface area contributed by atoms with Crippen LogP contribution in [0.4, 0.5) is 0 Å². The van der Waals surface area contributed by atoms with Crippen LogP contribution in [0.2, 0.25) is 0 Å². The van der Waals surface area contributed by atoms with Gasteiger partial charge in [0.15, 0.2) is 11.5 Å². The van der Waals surface area contributed by atoms with Gasteiger partial charge in [-0.2, -0.15) is 0 Å². The van der Waals surface area contributed by atoms with E-state index in [-0.39, 0.29) is 0 Å². The fourth-order valence-electron chi connectivity index (χ4n) is 1.40. The van der Waals surface area contributed by atoms with Crippen molar-refractivity contribution < 1.29 is 14.2 Å². The van der Waals surface area contributed by atoms with Crippen LogP contribution in [0, 0.1) is 0 Å². The molecule has 88 valence electrons. The van der Waals surface area contributed by atoms with Crippen LogP contribution in [-0.4, -0.2) is 19.2 Å². The second-order valence-corrected chi connectivity index (χ2v) is 3.31. The summed E-state index contributed by atoms with van der Waals surface area (Å²) in [6.07, 6.45) is 3.33. The lowest BCUT2D eigenvalue weighted by molar-refractivity contribution is 0.370. The van der Waals surface area contributed by atoms with Gasteiger partial charge in [0.2, 0.25) is 0 Å². The fourth-order valence-corrected chi connectivity index (χ4v) is 1.40. The largest absolute Gasteiger partial charge is 0.497 e. The van der Waals surface area contributed by atoms with E-state index in [2.05, 4.69) is 4.98 Å². The van der Waals surface area contributed by atoms with Gasteiger partial charge in [-0.1, -0.05) is 0 Å². The Morgan fingerprint density at radius 3 is 2.47 bits per heavy atom. The summed E-state index contributed by atoms with van der Waals surface area (Å²) in [5.41, 5.74) is 0. The summed E-state index contributed by atoms with van der Waals surface area (Å²) in [7, 11) is 3.20. The summed E-state index contributed by atoms with van der Waals surface area (Å²) in [6, 6.07) is 9.01. The third kappa shape index (κ3) is 2.66. The van der Waals surface area contributed by atoms with Crippen LogP contribution in [0.5, 0.6) is 23.0 Å². The molecule has 0 aliphatic heterocycles. The van der Waals surface area contributed by atoms with E-state index < -0.39 is 0 Å². The number of ether oxygens (including phenoxy) is 3. The summed E-state index contributed by atoms with van der Waals surface area (Å²) in [6.45, 7) is 0. The van der Waals surface area contributed by atoms with Crippen LogP contribution >= 0.6 is 0 Å². The van der Waals surface area contributed by atoms with Gasteiger partial charge in [0.25, 0.3) is 0 Å². The number of benzene rings is 1. The minimum Gasteiger partial charge on any atom is -0.497 e. The highest BCUT2D eigenvalue weighted by atomic mass is 16.5. The van der Waals surface area contributed by atoms with Gasteiger partial charge in [-0.25, -0.2) is 0 Å². The van der Waals surface area contributed by atoms with E-state index in [9.17, 15) is 0 Å². The van der Waals surface area contributed by atoms with Gasteiger partial charge >= 0.3 is 0 Å². The van der Waals surface area contributed by atoms with Crippen molar-refractivity contribution in [1.29, 1.82) is 0 Å². The highest BCUT2D eigenvalue weighted by Crippen LogP contribution is 2.34. The maximum absolute atomic E-state index is 5.68. The van der Waals surface area contributed by atoms with Crippen LogP contribution < -0.4 is 14.2 Å². The van der Waals surface area contributed by atoms with Crippen molar-refractivity contribution in [3.05, 3.63) is 42.7 Å². The standard InChI is InChI=1S/C13H13NO3/c1-15-10-5-6-12(16-2)13(8-10)17-11-4-3-7-14-9-11/h3-9H,1-2H3. The number of methoxy groups -OCH3 is 2. The molecule has 0 aliphatic rings. The first kappa shape index (κ1) is 11.3. The molecular weight excluding hydrogens is 218 g/mol. The Kier molecular flexibility index (Phi) is 3.45. The summed E-state index contributed by atoms with van der Waals surface area (Å²) in [5.74, 6) is 2.61. The Balaban J connectivity index is 2.30. The number of hydrogen-bond donors (Lipinski definition) is 0. The number of pyridine rings is 1. The number of hydrogen-bond acceptors (Lipinski definition) is 4. The molecule has 0 fully saturated rings. The average molecular weight is 231 g/mol. The molecule has 2 rings (SSSR count). The van der Waals surface area contributed by atoms with Gasteiger partial charge in [-0.3, -0.25) is 4.98 Å². The van der Waals surface area contributed by atoms with Crippen molar-refractivity contribution in [3.63, 3.8) is 0 Å². The maximum Gasteiger partial charge on any atom is 0.173 e. The zero-order chi connectivity index (χ0) is 12.1. The van der Waals surface area contributed by atoms with Crippen molar-refractivity contribution in [3.8, 4) is 23.0 Å². The van der Waals surface area contributed by atoms with Gasteiger partial charge < -0.3 is 14.2 Å². The van der Waals surface area contributed by atoms with Crippen molar-refractivity contribution >= 4 is 0 Å². The second-order valence-electron chi connectivity index (χ2n) is 3.31. The van der Waals surface area contributed by atoms with E-state index in [0.717, 1.165) is 0 Å². The Labute approximate surface area is 99.8 Å². The zero-order valence-corrected chi connectivity index (χ0v) is 9.71. The first-order chi connectivity index (χ1) is 8.33. The molecule has 17 heavy (non-hydrogen) atoms. The minimum absolute atomic E-state index is 0.597. The first-order valence-corrected chi connectivity index (χ1v) is 5.13. The first-order valence-electron chi connectivity index (χ1n) is 5.13. The molecule has 0 spiro atoms. The molecular formula is C13H13NO3.